The highest BCUT2D eigenvalue weighted by atomic mass is 35.5. The van der Waals surface area contributed by atoms with E-state index in [1.54, 1.807) is 13.0 Å². The van der Waals surface area contributed by atoms with Crippen LogP contribution in [0.15, 0.2) is 53.9 Å². The summed E-state index contributed by atoms with van der Waals surface area (Å²) in [5.41, 5.74) is 1.14. The fraction of sp³-hybridized carbons (Fsp3) is 0.0667. The minimum absolute atomic E-state index is 0.207. The van der Waals surface area contributed by atoms with Crippen molar-refractivity contribution in [3.63, 3.8) is 0 Å². The van der Waals surface area contributed by atoms with Gasteiger partial charge in [0.25, 0.3) is 15.7 Å². The van der Waals surface area contributed by atoms with Crippen LogP contribution in [0, 0.1) is 10.1 Å². The molecule has 2 rings (SSSR count). The van der Waals surface area contributed by atoms with Crippen molar-refractivity contribution in [3.05, 3.63) is 69.7 Å². The third-order valence-electron chi connectivity index (χ3n) is 3.03. The van der Waals surface area contributed by atoms with E-state index in [2.05, 4.69) is 11.3 Å². The number of benzene rings is 2. The Balaban J connectivity index is 2.42. The summed E-state index contributed by atoms with van der Waals surface area (Å²) in [5.74, 6) is 0. The van der Waals surface area contributed by atoms with E-state index >= 15 is 0 Å². The van der Waals surface area contributed by atoms with Crippen molar-refractivity contribution in [1.82, 2.24) is 0 Å². The normalized spacial score (nSPS) is 11.0. The van der Waals surface area contributed by atoms with E-state index in [-0.39, 0.29) is 5.69 Å². The average Bonchev–Trinajstić information content (AvgIpc) is 2.46. The summed E-state index contributed by atoms with van der Waals surface area (Å²) in [7, 11) is -4.11. The molecule has 0 aromatic heterocycles. The maximum atomic E-state index is 12.4. The maximum absolute atomic E-state index is 12.4. The Hall–Kier alpha value is -2.38. The second-order valence-corrected chi connectivity index (χ2v) is 6.86. The highest BCUT2D eigenvalue weighted by Crippen LogP contribution is 2.29. The van der Waals surface area contributed by atoms with Crippen molar-refractivity contribution in [2.45, 2.75) is 11.8 Å². The lowest BCUT2D eigenvalue weighted by Gasteiger charge is -2.10. The van der Waals surface area contributed by atoms with Gasteiger partial charge in [-0.25, -0.2) is 8.42 Å². The van der Waals surface area contributed by atoms with Crippen molar-refractivity contribution >= 4 is 38.6 Å². The van der Waals surface area contributed by atoms with Crippen LogP contribution in [0.1, 0.15) is 12.5 Å². The van der Waals surface area contributed by atoms with Crippen LogP contribution >= 0.6 is 11.6 Å². The molecule has 2 aromatic rings. The molecule has 0 aliphatic rings. The first kappa shape index (κ1) is 17.0. The summed E-state index contributed by atoms with van der Waals surface area (Å²) in [6, 6.07) is 9.69. The molecule has 0 aliphatic carbocycles. The molecule has 0 spiro atoms. The molecule has 0 saturated heterocycles. The molecule has 0 atom stereocenters. The highest BCUT2D eigenvalue weighted by molar-refractivity contribution is 7.92. The number of allylic oxidation sites excluding steroid dienone is 1. The van der Waals surface area contributed by atoms with Gasteiger partial charge in [0.15, 0.2) is 4.90 Å². The monoisotopic (exact) mass is 352 g/mol. The van der Waals surface area contributed by atoms with Crippen LogP contribution in [0.4, 0.5) is 11.4 Å². The van der Waals surface area contributed by atoms with Crippen LogP contribution in [0.25, 0.3) is 5.57 Å². The van der Waals surface area contributed by atoms with Crippen molar-refractivity contribution < 1.29 is 13.3 Å². The smallest absolute Gasteiger partial charge is 0.279 e. The van der Waals surface area contributed by atoms with Gasteiger partial charge in [0.1, 0.15) is 0 Å². The van der Waals surface area contributed by atoms with E-state index in [1.807, 2.05) is 0 Å². The number of nitrogens with zero attached hydrogens (tertiary/aromatic N) is 1. The van der Waals surface area contributed by atoms with Crippen molar-refractivity contribution in [1.29, 1.82) is 0 Å². The van der Waals surface area contributed by atoms with Crippen LogP contribution in [-0.2, 0) is 10.0 Å². The topological polar surface area (TPSA) is 89.3 Å². The molecule has 0 saturated carbocycles. The molecule has 23 heavy (non-hydrogen) atoms. The Bertz CT molecular complexity index is 894. The summed E-state index contributed by atoms with van der Waals surface area (Å²) in [6.07, 6.45) is 0. The number of rotatable bonds is 5. The Morgan fingerprint density at radius 1 is 1.26 bits per heavy atom. The standard InChI is InChI=1S/C15H13ClN2O4S/c1-10(2)12-8-7-11(9-13(12)16)17-23(21,22)15-6-4-3-5-14(15)18(19)20/h3-9,17H,1H2,2H3. The minimum atomic E-state index is -4.11. The number of hydrogen-bond donors (Lipinski definition) is 1. The number of nitro benzene ring substituents is 1. The van der Waals surface area contributed by atoms with Crippen LogP contribution in [0.2, 0.25) is 5.02 Å². The molecule has 0 aliphatic heterocycles. The van der Waals surface area contributed by atoms with E-state index in [1.165, 1.54) is 30.3 Å². The van der Waals surface area contributed by atoms with Gasteiger partial charge >= 0.3 is 0 Å². The molecule has 6 nitrogen and oxygen atoms in total. The molecule has 0 radical (unpaired) electrons. The molecule has 120 valence electrons. The molecule has 1 N–H and O–H groups in total. The van der Waals surface area contributed by atoms with Crippen LogP contribution in [0.5, 0.6) is 0 Å². The molecule has 0 heterocycles. The summed E-state index contributed by atoms with van der Waals surface area (Å²) < 4.78 is 27.1. The lowest BCUT2D eigenvalue weighted by atomic mass is 10.1. The number of hydrogen-bond acceptors (Lipinski definition) is 4. The lowest BCUT2D eigenvalue weighted by Crippen LogP contribution is -2.14. The molecular weight excluding hydrogens is 340 g/mol. The summed E-state index contributed by atoms with van der Waals surface area (Å²) >= 11 is 6.08. The van der Waals surface area contributed by atoms with Crippen LogP contribution < -0.4 is 4.72 Å². The van der Waals surface area contributed by atoms with E-state index in [0.717, 1.165) is 11.6 Å². The van der Waals surface area contributed by atoms with Crippen molar-refractivity contribution in [2.75, 3.05) is 4.72 Å². The summed E-state index contributed by atoms with van der Waals surface area (Å²) in [5, 5.41) is 11.3. The second kappa shape index (κ2) is 6.39. The first-order valence-electron chi connectivity index (χ1n) is 6.44. The first-order valence-corrected chi connectivity index (χ1v) is 8.30. The number of halogens is 1. The van der Waals surface area contributed by atoms with E-state index < -0.39 is 25.5 Å². The number of sulfonamides is 1. The van der Waals surface area contributed by atoms with E-state index in [9.17, 15) is 18.5 Å². The first-order chi connectivity index (χ1) is 10.7. The maximum Gasteiger partial charge on any atom is 0.289 e. The van der Waals surface area contributed by atoms with Crippen molar-refractivity contribution in [3.8, 4) is 0 Å². The zero-order chi connectivity index (χ0) is 17.2. The summed E-state index contributed by atoms with van der Waals surface area (Å²) in [4.78, 5) is 9.82. The number of para-hydroxylation sites is 1. The van der Waals surface area contributed by atoms with Crippen LogP contribution in [0.3, 0.4) is 0 Å². The third kappa shape index (κ3) is 3.69. The van der Waals surface area contributed by atoms with Gasteiger partial charge in [-0.3, -0.25) is 14.8 Å². The Kier molecular flexibility index (Phi) is 4.72. The quantitative estimate of drug-likeness (QED) is 0.648. The average molecular weight is 353 g/mol. The third-order valence-corrected chi connectivity index (χ3v) is 4.77. The highest BCUT2D eigenvalue weighted by Gasteiger charge is 2.25. The fourth-order valence-electron chi connectivity index (χ4n) is 1.97. The SMILES string of the molecule is C=C(C)c1ccc(NS(=O)(=O)c2ccccc2[N+](=O)[O-])cc1Cl. The lowest BCUT2D eigenvalue weighted by molar-refractivity contribution is -0.387. The number of nitrogens with one attached hydrogen (secondary N) is 1. The molecule has 0 fully saturated rings. The number of nitro groups is 1. The fourth-order valence-corrected chi connectivity index (χ4v) is 3.53. The second-order valence-electron chi connectivity index (χ2n) is 4.81. The molecule has 8 heteroatoms. The molecule has 0 amide bonds. The van der Waals surface area contributed by atoms with Gasteiger partial charge in [-0.2, -0.15) is 0 Å². The largest absolute Gasteiger partial charge is 0.289 e. The Morgan fingerprint density at radius 3 is 2.48 bits per heavy atom. The van der Waals surface area contributed by atoms with E-state index in [4.69, 9.17) is 11.6 Å². The zero-order valence-corrected chi connectivity index (χ0v) is 13.7. The molecule has 0 bridgehead atoms. The van der Waals surface area contributed by atoms with Gasteiger partial charge in [0.2, 0.25) is 0 Å². The van der Waals surface area contributed by atoms with Gasteiger partial charge in [0, 0.05) is 6.07 Å². The predicted molar refractivity (Wildman–Crippen MR) is 90.1 cm³/mol. The van der Waals surface area contributed by atoms with Gasteiger partial charge < -0.3 is 0 Å². The minimum Gasteiger partial charge on any atom is -0.279 e. The van der Waals surface area contributed by atoms with Gasteiger partial charge in [-0.05, 0) is 36.3 Å². The van der Waals surface area contributed by atoms with E-state index in [0.29, 0.717) is 10.6 Å². The van der Waals surface area contributed by atoms with Crippen molar-refractivity contribution in [2.24, 2.45) is 0 Å². The van der Waals surface area contributed by atoms with Gasteiger partial charge in [-0.1, -0.05) is 36.4 Å². The predicted octanol–water partition coefficient (Wildman–Crippen LogP) is 4.08. The summed E-state index contributed by atoms with van der Waals surface area (Å²) in [6.45, 7) is 5.55. The van der Waals surface area contributed by atoms with Gasteiger partial charge in [0.05, 0.1) is 15.6 Å². The molecule has 0 unspecified atom stereocenters. The molecular formula is C15H13ClN2O4S. The Morgan fingerprint density at radius 2 is 1.91 bits per heavy atom. The van der Waals surface area contributed by atoms with Crippen LogP contribution in [-0.4, -0.2) is 13.3 Å². The molecule has 2 aromatic carbocycles. The Labute approximate surface area is 138 Å². The van der Waals surface area contributed by atoms with Gasteiger partial charge in [-0.15, -0.1) is 0 Å². The zero-order valence-electron chi connectivity index (χ0n) is 12.1. The number of anilines is 1.